The normalized spacial score (nSPS) is 30.4. The van der Waals surface area contributed by atoms with E-state index in [9.17, 15) is 8.42 Å². The predicted molar refractivity (Wildman–Crippen MR) is 71.6 cm³/mol. The van der Waals surface area contributed by atoms with Crippen molar-refractivity contribution in [3.8, 4) is 0 Å². The molecular formula is C12H24N2O3S. The molecular weight excluding hydrogens is 252 g/mol. The van der Waals surface area contributed by atoms with E-state index in [1.807, 2.05) is 0 Å². The fourth-order valence-corrected chi connectivity index (χ4v) is 3.82. The lowest BCUT2D eigenvalue weighted by molar-refractivity contribution is -0.0336. The lowest BCUT2D eigenvalue weighted by Crippen LogP contribution is -2.45. The molecule has 0 aromatic carbocycles. The Hall–Kier alpha value is -0.170. The van der Waals surface area contributed by atoms with Gasteiger partial charge in [0.15, 0.2) is 9.84 Å². The first-order valence-corrected chi connectivity index (χ1v) is 8.68. The van der Waals surface area contributed by atoms with Gasteiger partial charge in [-0.05, 0) is 13.0 Å². The highest BCUT2D eigenvalue weighted by molar-refractivity contribution is 7.91. The summed E-state index contributed by atoms with van der Waals surface area (Å²) >= 11 is 0. The quantitative estimate of drug-likeness (QED) is 0.713. The fourth-order valence-electron chi connectivity index (χ4n) is 2.54. The molecule has 2 rings (SSSR count). The van der Waals surface area contributed by atoms with E-state index in [-0.39, 0.29) is 0 Å². The summed E-state index contributed by atoms with van der Waals surface area (Å²) in [6, 6.07) is 0. The van der Waals surface area contributed by atoms with Crippen molar-refractivity contribution < 1.29 is 13.2 Å². The van der Waals surface area contributed by atoms with Crippen LogP contribution >= 0.6 is 0 Å². The Morgan fingerprint density at radius 3 is 2.56 bits per heavy atom. The molecule has 0 aliphatic carbocycles. The maximum Gasteiger partial charge on any atom is 0.152 e. The van der Waals surface area contributed by atoms with Crippen LogP contribution in [0.25, 0.3) is 0 Å². The molecule has 106 valence electrons. The van der Waals surface area contributed by atoms with Crippen LogP contribution in [0.2, 0.25) is 0 Å². The van der Waals surface area contributed by atoms with E-state index in [1.165, 1.54) is 0 Å². The Labute approximate surface area is 110 Å². The molecule has 0 saturated carbocycles. The van der Waals surface area contributed by atoms with E-state index >= 15 is 0 Å². The minimum Gasteiger partial charge on any atom is -0.376 e. The van der Waals surface area contributed by atoms with Gasteiger partial charge >= 0.3 is 0 Å². The lowest BCUT2D eigenvalue weighted by Gasteiger charge is -2.34. The monoisotopic (exact) mass is 276 g/mol. The average Bonchev–Trinajstić information content (AvgIpc) is 2.38. The number of rotatable bonds is 4. The second-order valence-corrected chi connectivity index (χ2v) is 7.47. The third-order valence-corrected chi connectivity index (χ3v) is 5.48. The molecule has 2 aliphatic heterocycles. The van der Waals surface area contributed by atoms with E-state index in [2.05, 4.69) is 16.7 Å². The molecule has 0 radical (unpaired) electrons. The standard InChI is InChI=1S/C12H24N2O3S/c1-2-13-5-8-17-12(11-13)3-4-14-6-9-18(15,16)10-7-14/h12H,2-11H2,1H3. The minimum absolute atomic E-state index is 0.317. The largest absolute Gasteiger partial charge is 0.376 e. The summed E-state index contributed by atoms with van der Waals surface area (Å²) in [4.78, 5) is 4.66. The van der Waals surface area contributed by atoms with Gasteiger partial charge in [-0.2, -0.15) is 0 Å². The first kappa shape index (κ1) is 14.2. The Kier molecular flexibility index (Phi) is 5.00. The maximum absolute atomic E-state index is 11.3. The van der Waals surface area contributed by atoms with E-state index < -0.39 is 9.84 Å². The van der Waals surface area contributed by atoms with Gasteiger partial charge in [0.25, 0.3) is 0 Å². The van der Waals surface area contributed by atoms with Crippen LogP contribution < -0.4 is 0 Å². The summed E-state index contributed by atoms with van der Waals surface area (Å²) in [6.45, 7) is 8.47. The summed E-state index contributed by atoms with van der Waals surface area (Å²) < 4.78 is 28.4. The molecule has 2 aliphatic rings. The second kappa shape index (κ2) is 6.32. The first-order valence-electron chi connectivity index (χ1n) is 6.86. The highest BCUT2D eigenvalue weighted by atomic mass is 32.2. The molecule has 2 fully saturated rings. The minimum atomic E-state index is -2.75. The highest BCUT2D eigenvalue weighted by Crippen LogP contribution is 2.11. The summed E-state index contributed by atoms with van der Waals surface area (Å²) in [5.74, 6) is 0.638. The molecule has 5 nitrogen and oxygen atoms in total. The zero-order chi connectivity index (χ0) is 13.0. The molecule has 0 amide bonds. The van der Waals surface area contributed by atoms with Gasteiger partial charge in [-0.15, -0.1) is 0 Å². The molecule has 18 heavy (non-hydrogen) atoms. The second-order valence-electron chi connectivity index (χ2n) is 5.17. The SMILES string of the molecule is CCN1CCOC(CCN2CCS(=O)(=O)CC2)C1. The van der Waals surface area contributed by atoms with Crippen molar-refractivity contribution >= 4 is 9.84 Å². The van der Waals surface area contributed by atoms with Crippen LogP contribution in [0, 0.1) is 0 Å². The molecule has 0 bridgehead atoms. The van der Waals surface area contributed by atoms with Crippen LogP contribution in [0.1, 0.15) is 13.3 Å². The van der Waals surface area contributed by atoms with Gasteiger partial charge in [0, 0.05) is 32.7 Å². The zero-order valence-electron chi connectivity index (χ0n) is 11.2. The Morgan fingerprint density at radius 1 is 1.17 bits per heavy atom. The molecule has 6 heteroatoms. The van der Waals surface area contributed by atoms with Gasteiger partial charge < -0.3 is 9.64 Å². The summed E-state index contributed by atoms with van der Waals surface area (Å²) in [5, 5.41) is 0. The van der Waals surface area contributed by atoms with Crippen molar-refractivity contribution in [1.82, 2.24) is 9.80 Å². The average molecular weight is 276 g/mol. The van der Waals surface area contributed by atoms with E-state index in [4.69, 9.17) is 4.74 Å². The fraction of sp³-hybridized carbons (Fsp3) is 1.00. The maximum atomic E-state index is 11.3. The van der Waals surface area contributed by atoms with Crippen molar-refractivity contribution in [1.29, 1.82) is 0 Å². The number of morpholine rings is 1. The lowest BCUT2D eigenvalue weighted by atomic mass is 10.2. The zero-order valence-corrected chi connectivity index (χ0v) is 12.0. The smallest absolute Gasteiger partial charge is 0.152 e. The van der Waals surface area contributed by atoms with Crippen LogP contribution in [0.5, 0.6) is 0 Å². The van der Waals surface area contributed by atoms with Crippen molar-refractivity contribution in [2.24, 2.45) is 0 Å². The van der Waals surface area contributed by atoms with Crippen LogP contribution in [0.15, 0.2) is 0 Å². The number of likely N-dealkylation sites (N-methyl/N-ethyl adjacent to an activating group) is 1. The topological polar surface area (TPSA) is 49.9 Å². The molecule has 1 atom stereocenters. The first-order chi connectivity index (χ1) is 8.59. The number of hydrogen-bond acceptors (Lipinski definition) is 5. The molecule has 1 unspecified atom stereocenters. The molecule has 0 N–H and O–H groups in total. The third-order valence-electron chi connectivity index (χ3n) is 3.87. The number of nitrogens with zero attached hydrogens (tertiary/aromatic N) is 2. The summed E-state index contributed by atoms with van der Waals surface area (Å²) in [5.41, 5.74) is 0. The summed E-state index contributed by atoms with van der Waals surface area (Å²) in [7, 11) is -2.75. The van der Waals surface area contributed by atoms with Crippen molar-refractivity contribution in [3.05, 3.63) is 0 Å². The van der Waals surface area contributed by atoms with Gasteiger partial charge in [-0.1, -0.05) is 6.92 Å². The van der Waals surface area contributed by atoms with Crippen molar-refractivity contribution in [2.75, 3.05) is 57.4 Å². The van der Waals surface area contributed by atoms with Gasteiger partial charge in [-0.25, -0.2) is 8.42 Å². The molecule has 0 spiro atoms. The predicted octanol–water partition coefficient (Wildman–Crippen LogP) is -0.172. The Morgan fingerprint density at radius 2 is 1.89 bits per heavy atom. The molecule has 2 saturated heterocycles. The van der Waals surface area contributed by atoms with E-state index in [0.717, 1.165) is 39.2 Å². The van der Waals surface area contributed by atoms with E-state index in [1.54, 1.807) is 0 Å². The van der Waals surface area contributed by atoms with E-state index in [0.29, 0.717) is 30.7 Å². The van der Waals surface area contributed by atoms with Crippen molar-refractivity contribution in [2.45, 2.75) is 19.4 Å². The van der Waals surface area contributed by atoms with Crippen LogP contribution in [0.4, 0.5) is 0 Å². The van der Waals surface area contributed by atoms with Crippen molar-refractivity contribution in [3.63, 3.8) is 0 Å². The van der Waals surface area contributed by atoms with Gasteiger partial charge in [-0.3, -0.25) is 4.90 Å². The highest BCUT2D eigenvalue weighted by Gasteiger charge is 2.24. The van der Waals surface area contributed by atoms with Crippen LogP contribution in [-0.2, 0) is 14.6 Å². The van der Waals surface area contributed by atoms with Crippen LogP contribution in [-0.4, -0.2) is 81.7 Å². The molecule has 2 heterocycles. The Balaban J connectivity index is 1.69. The Bertz CT molecular complexity index is 344. The van der Waals surface area contributed by atoms with Gasteiger partial charge in [0.1, 0.15) is 0 Å². The molecule has 0 aromatic rings. The van der Waals surface area contributed by atoms with Gasteiger partial charge in [0.05, 0.1) is 24.2 Å². The van der Waals surface area contributed by atoms with Gasteiger partial charge in [0.2, 0.25) is 0 Å². The number of hydrogen-bond donors (Lipinski definition) is 0. The summed E-state index contributed by atoms with van der Waals surface area (Å²) in [6.07, 6.45) is 1.33. The molecule has 0 aromatic heterocycles. The number of sulfone groups is 1. The number of ether oxygens (including phenoxy) is 1. The third kappa shape index (κ3) is 4.19. The van der Waals surface area contributed by atoms with Crippen LogP contribution in [0.3, 0.4) is 0 Å².